The van der Waals surface area contributed by atoms with Gasteiger partial charge in [0.05, 0.1) is 30.6 Å². The number of amides is 4. The maximum absolute atomic E-state index is 14.9. The molecule has 86 heavy (non-hydrogen) atoms. The molecule has 0 radical (unpaired) electrons. The molecule has 1 aliphatic rings. The molecule has 22 heteroatoms. The van der Waals surface area contributed by atoms with Gasteiger partial charge in [-0.2, -0.15) is 4.98 Å². The van der Waals surface area contributed by atoms with Gasteiger partial charge in [0.2, 0.25) is 11.8 Å². The Hall–Kier alpha value is -10.3. The molecule has 0 bridgehead atoms. The van der Waals surface area contributed by atoms with Crippen LogP contribution in [0.25, 0.3) is 11.2 Å². The lowest BCUT2D eigenvalue weighted by atomic mass is 10.1. The number of benzene rings is 6. The monoisotopic (exact) mass is 1170 g/mol. The molecule has 1 aliphatic heterocycles. The fraction of sp³-hybridized carbons (Fsp3) is 0.203. The molecule has 0 unspecified atom stereocenters. The summed E-state index contributed by atoms with van der Waals surface area (Å²) in [5, 5.41) is 9.82. The lowest BCUT2D eigenvalue weighted by molar-refractivity contribution is -0.137. The fourth-order valence-corrected chi connectivity index (χ4v) is 14.8. The molecule has 436 valence electrons. The Balaban J connectivity index is 0.947. The van der Waals surface area contributed by atoms with Gasteiger partial charge in [-0.15, -0.1) is 0 Å². The SMILES string of the molecule is CC(C)(C)[Si](OCCN(CC(=O)NC[C@H]1O[C@@H](n2ccc(NC(=O)c3ccccc3)nc2=O)[C@H](OC(=O)c2ccccc2)[C@@H]1OC(=O)c1ccccc1)C(=O)Cn1cnc2c(NC(=O)c3ccccc3)ncnc21)(c1ccccc1)c1ccccc1. The van der Waals surface area contributed by atoms with Crippen LogP contribution >= 0.6 is 0 Å². The highest BCUT2D eigenvalue weighted by molar-refractivity contribution is 6.99. The van der Waals surface area contributed by atoms with Crippen LogP contribution in [-0.2, 0) is 34.8 Å². The van der Waals surface area contributed by atoms with E-state index >= 15 is 0 Å². The van der Waals surface area contributed by atoms with Crippen molar-refractivity contribution in [3.8, 4) is 0 Å². The molecule has 4 atom stereocenters. The normalized spacial score (nSPS) is 15.7. The summed E-state index contributed by atoms with van der Waals surface area (Å²) in [6.45, 7) is 5.00. The average Bonchev–Trinajstić information content (AvgIpc) is 3.31. The van der Waals surface area contributed by atoms with Crippen LogP contribution in [0.3, 0.4) is 0 Å². The first kappa shape index (κ1) is 58.9. The first-order valence-electron chi connectivity index (χ1n) is 27.6. The van der Waals surface area contributed by atoms with Crippen LogP contribution in [0.1, 0.15) is 68.4 Å². The van der Waals surface area contributed by atoms with Crippen molar-refractivity contribution in [1.82, 2.24) is 39.3 Å². The van der Waals surface area contributed by atoms with Gasteiger partial charge in [0.1, 0.15) is 24.8 Å². The Kier molecular flexibility index (Phi) is 18.2. The highest BCUT2D eigenvalue weighted by atomic mass is 28.4. The molecule has 4 heterocycles. The lowest BCUT2D eigenvalue weighted by Gasteiger charge is -2.43. The minimum absolute atomic E-state index is 0.00822. The van der Waals surface area contributed by atoms with Gasteiger partial charge in [0, 0.05) is 30.4 Å². The van der Waals surface area contributed by atoms with Gasteiger partial charge in [0.15, 0.2) is 35.4 Å². The largest absolute Gasteiger partial charge is 0.452 e. The van der Waals surface area contributed by atoms with Gasteiger partial charge in [0.25, 0.3) is 20.1 Å². The summed E-state index contributed by atoms with van der Waals surface area (Å²) in [5.41, 5.74) is 0.508. The third kappa shape index (κ3) is 13.4. The molecule has 0 spiro atoms. The van der Waals surface area contributed by atoms with Crippen LogP contribution in [0.2, 0.25) is 5.04 Å². The van der Waals surface area contributed by atoms with E-state index in [-0.39, 0.29) is 53.6 Å². The summed E-state index contributed by atoms with van der Waals surface area (Å²) >= 11 is 0. The number of hydrogen-bond acceptors (Lipinski definition) is 15. The number of rotatable bonds is 21. The average molecular weight is 1170 g/mol. The van der Waals surface area contributed by atoms with Gasteiger partial charge in [-0.1, -0.05) is 154 Å². The van der Waals surface area contributed by atoms with Gasteiger partial charge in [-0.05, 0) is 70.0 Å². The standard InChI is InChI=1S/C64H60N10O11Si/c1-64(2,3)86(47-30-18-8-19-31-47,48-32-20-9-21-33-48)82-37-36-72(52(76)40-73-42-68-53-56(66-41-67-57(53)73)71-59(78)44-24-12-5-13-25-44)39-51(75)65-38-49-54(84-61(79)45-26-14-6-15-27-45)55(85-62(80)46-28-16-7-17-29-46)60(83-49)74-35-34-50(70-63(74)81)69-58(77)43-22-10-4-11-23-43/h4-35,41-42,49,54-55,60H,36-40H2,1-3H3,(H,65,75)(H,66,67,71,78)(H,69,70,77,81)/t49-,54-,55-,60-/m1/s1. The molecular weight excluding hydrogens is 1110 g/mol. The van der Waals surface area contributed by atoms with E-state index in [0.29, 0.717) is 11.1 Å². The number of hydrogen-bond donors (Lipinski definition) is 3. The number of nitrogens with one attached hydrogen (secondary N) is 3. The summed E-state index contributed by atoms with van der Waals surface area (Å²) in [6, 6.07) is 54.2. The second kappa shape index (κ2) is 26.5. The Morgan fingerprint density at radius 3 is 1.67 bits per heavy atom. The zero-order valence-corrected chi connectivity index (χ0v) is 48.1. The predicted octanol–water partition coefficient (Wildman–Crippen LogP) is 6.46. The van der Waals surface area contributed by atoms with Crippen molar-refractivity contribution in [2.75, 3.05) is 36.9 Å². The van der Waals surface area contributed by atoms with Crippen molar-refractivity contribution >= 4 is 77.1 Å². The number of nitrogens with zero attached hydrogens (tertiary/aromatic N) is 7. The van der Waals surface area contributed by atoms with Crippen LogP contribution in [0.5, 0.6) is 0 Å². The molecular formula is C64H60N10O11Si. The van der Waals surface area contributed by atoms with E-state index in [2.05, 4.69) is 56.7 Å². The highest BCUT2D eigenvalue weighted by Crippen LogP contribution is 2.37. The molecule has 6 aromatic carbocycles. The van der Waals surface area contributed by atoms with Crippen molar-refractivity contribution in [3.63, 3.8) is 0 Å². The number of anilines is 2. The third-order valence-corrected chi connectivity index (χ3v) is 19.5. The van der Waals surface area contributed by atoms with E-state index in [9.17, 15) is 33.6 Å². The first-order chi connectivity index (χ1) is 41.7. The molecule has 3 aromatic heterocycles. The van der Waals surface area contributed by atoms with E-state index in [1.807, 2.05) is 60.7 Å². The van der Waals surface area contributed by atoms with Crippen LogP contribution in [0, 0.1) is 0 Å². The molecule has 10 rings (SSSR count). The predicted molar refractivity (Wildman–Crippen MR) is 321 cm³/mol. The summed E-state index contributed by atoms with van der Waals surface area (Å²) in [5.74, 6) is -3.81. The van der Waals surface area contributed by atoms with Crippen molar-refractivity contribution in [1.29, 1.82) is 0 Å². The Morgan fingerprint density at radius 2 is 1.14 bits per heavy atom. The maximum atomic E-state index is 14.9. The molecule has 0 aliphatic carbocycles. The first-order valence-corrected chi connectivity index (χ1v) is 29.5. The van der Waals surface area contributed by atoms with Crippen molar-refractivity contribution < 1.29 is 47.4 Å². The van der Waals surface area contributed by atoms with E-state index in [0.717, 1.165) is 14.9 Å². The molecule has 1 fully saturated rings. The van der Waals surface area contributed by atoms with E-state index < -0.39 is 92.2 Å². The zero-order chi connectivity index (χ0) is 60.2. The topological polar surface area (TPSA) is 257 Å². The van der Waals surface area contributed by atoms with Crippen LogP contribution in [0.15, 0.2) is 212 Å². The van der Waals surface area contributed by atoms with Gasteiger partial charge >= 0.3 is 17.6 Å². The molecule has 0 saturated carbocycles. The smallest absolute Gasteiger partial charge is 0.351 e. The number of imidazole rings is 1. The quantitative estimate of drug-likeness (QED) is 0.0516. The summed E-state index contributed by atoms with van der Waals surface area (Å²) in [4.78, 5) is 116. The summed E-state index contributed by atoms with van der Waals surface area (Å²) in [6.07, 6.45) is -1.93. The lowest BCUT2D eigenvalue weighted by Crippen LogP contribution is -2.67. The molecule has 21 nitrogen and oxygen atoms in total. The van der Waals surface area contributed by atoms with E-state index in [1.54, 1.807) is 97.1 Å². The second-order valence-corrected chi connectivity index (χ2v) is 25.4. The Morgan fingerprint density at radius 1 is 0.628 bits per heavy atom. The number of carbonyl (C=O) groups excluding carboxylic acids is 6. The highest BCUT2D eigenvalue weighted by Gasteiger charge is 2.52. The maximum Gasteiger partial charge on any atom is 0.351 e. The zero-order valence-electron chi connectivity index (χ0n) is 47.1. The van der Waals surface area contributed by atoms with Crippen LogP contribution < -0.4 is 32.0 Å². The number of esters is 2. The Bertz CT molecular complexity index is 3870. The fourth-order valence-electron chi connectivity index (χ4n) is 10.3. The number of carbonyl (C=O) groups is 6. The van der Waals surface area contributed by atoms with Crippen LogP contribution in [0.4, 0.5) is 11.6 Å². The number of aromatic nitrogens is 6. The molecule has 4 amide bonds. The molecule has 1 saturated heterocycles. The molecule has 9 aromatic rings. The third-order valence-electron chi connectivity index (χ3n) is 14.4. The minimum atomic E-state index is -3.16. The van der Waals surface area contributed by atoms with Crippen molar-refractivity contribution in [2.24, 2.45) is 0 Å². The number of ether oxygens (including phenoxy) is 3. The Labute approximate surface area is 495 Å². The van der Waals surface area contributed by atoms with Crippen LogP contribution in [-0.4, -0.2) is 122 Å². The van der Waals surface area contributed by atoms with Gasteiger partial charge in [-0.3, -0.25) is 23.7 Å². The summed E-state index contributed by atoms with van der Waals surface area (Å²) in [7, 11) is -3.16. The summed E-state index contributed by atoms with van der Waals surface area (Å²) < 4.78 is 28.5. The van der Waals surface area contributed by atoms with E-state index in [4.69, 9.17) is 18.6 Å². The van der Waals surface area contributed by atoms with Gasteiger partial charge < -0.3 is 44.1 Å². The van der Waals surface area contributed by atoms with Gasteiger partial charge in [-0.25, -0.2) is 29.3 Å². The van der Waals surface area contributed by atoms with Crippen molar-refractivity contribution in [3.05, 3.63) is 240 Å². The van der Waals surface area contributed by atoms with E-state index in [1.165, 1.54) is 58.7 Å². The number of fused-ring (bicyclic) bond motifs is 1. The van der Waals surface area contributed by atoms with Crippen molar-refractivity contribution in [2.45, 2.75) is 56.9 Å². The minimum Gasteiger partial charge on any atom is -0.452 e. The second-order valence-electron chi connectivity index (χ2n) is 21.1. The molecule has 3 N–H and O–H groups in total.